The van der Waals surface area contributed by atoms with Crippen molar-refractivity contribution in [2.45, 2.75) is 25.7 Å². The molecule has 19 heavy (non-hydrogen) atoms. The van der Waals surface area contributed by atoms with Gasteiger partial charge in [-0.3, -0.25) is 10.1 Å². The summed E-state index contributed by atoms with van der Waals surface area (Å²) in [4.78, 5) is 11.7. The topological polar surface area (TPSA) is 56.8 Å². The van der Waals surface area contributed by atoms with Crippen molar-refractivity contribution in [2.24, 2.45) is 0 Å². The highest BCUT2D eigenvalue weighted by Crippen LogP contribution is 2.16. The summed E-state index contributed by atoms with van der Waals surface area (Å²) in [6.45, 7) is 4.16. The Labute approximate surface area is 113 Å². The van der Waals surface area contributed by atoms with Gasteiger partial charge in [0.25, 0.3) is 5.69 Å². The lowest BCUT2D eigenvalue weighted by Crippen LogP contribution is -3.12. The zero-order valence-electron chi connectivity index (χ0n) is 11.1. The van der Waals surface area contributed by atoms with Crippen LogP contribution in [-0.2, 0) is 0 Å². The third-order valence-corrected chi connectivity index (χ3v) is 3.58. The van der Waals surface area contributed by atoms with E-state index in [4.69, 9.17) is 4.74 Å². The molecule has 1 aliphatic rings. The van der Waals surface area contributed by atoms with Gasteiger partial charge in [-0.15, -0.1) is 0 Å². The molecule has 0 saturated carbocycles. The van der Waals surface area contributed by atoms with Crippen molar-refractivity contribution in [3.8, 4) is 5.75 Å². The first-order valence-electron chi connectivity index (χ1n) is 6.96. The summed E-state index contributed by atoms with van der Waals surface area (Å²) in [7, 11) is 0. The van der Waals surface area contributed by atoms with E-state index < -0.39 is 4.92 Å². The number of benzene rings is 1. The molecule has 0 atom stereocenters. The number of nitro groups is 1. The number of quaternary nitrogens is 1. The Morgan fingerprint density at radius 3 is 2.32 bits per heavy atom. The van der Waals surface area contributed by atoms with Gasteiger partial charge in [0.2, 0.25) is 0 Å². The van der Waals surface area contributed by atoms with Gasteiger partial charge in [0.05, 0.1) is 18.0 Å². The van der Waals surface area contributed by atoms with Crippen LogP contribution in [0.2, 0.25) is 0 Å². The number of hydrogen-bond acceptors (Lipinski definition) is 3. The minimum atomic E-state index is -0.398. The lowest BCUT2D eigenvalue weighted by molar-refractivity contribution is -0.899. The van der Waals surface area contributed by atoms with Gasteiger partial charge in [0.15, 0.2) is 0 Å². The molecule has 0 unspecified atom stereocenters. The van der Waals surface area contributed by atoms with E-state index in [0.29, 0.717) is 12.4 Å². The lowest BCUT2D eigenvalue weighted by atomic mass is 10.2. The van der Waals surface area contributed by atoms with Crippen molar-refractivity contribution in [3.63, 3.8) is 0 Å². The van der Waals surface area contributed by atoms with Gasteiger partial charge in [0, 0.05) is 12.1 Å². The van der Waals surface area contributed by atoms with E-state index in [1.165, 1.54) is 50.9 Å². The van der Waals surface area contributed by atoms with E-state index in [1.807, 2.05) is 0 Å². The first-order chi connectivity index (χ1) is 9.25. The van der Waals surface area contributed by atoms with E-state index in [-0.39, 0.29) is 5.69 Å². The quantitative estimate of drug-likeness (QED) is 0.647. The predicted molar refractivity (Wildman–Crippen MR) is 72.6 cm³/mol. The first kappa shape index (κ1) is 13.8. The number of ether oxygens (including phenoxy) is 1. The van der Waals surface area contributed by atoms with E-state index in [2.05, 4.69) is 0 Å². The first-order valence-corrected chi connectivity index (χ1v) is 6.96. The monoisotopic (exact) mass is 265 g/mol. The maximum atomic E-state index is 10.5. The Balaban J connectivity index is 1.74. The fraction of sp³-hybridized carbons (Fsp3) is 0.571. The fourth-order valence-corrected chi connectivity index (χ4v) is 2.46. The van der Waals surface area contributed by atoms with Crippen molar-refractivity contribution < 1.29 is 14.6 Å². The van der Waals surface area contributed by atoms with Crippen LogP contribution in [0.1, 0.15) is 25.7 Å². The van der Waals surface area contributed by atoms with Gasteiger partial charge in [0.1, 0.15) is 18.9 Å². The molecule has 1 N–H and O–H groups in total. The van der Waals surface area contributed by atoms with Crippen LogP contribution in [0.5, 0.6) is 5.75 Å². The third kappa shape index (κ3) is 4.52. The number of likely N-dealkylation sites (tertiary alicyclic amines) is 1. The highest BCUT2D eigenvalue weighted by molar-refractivity contribution is 5.35. The second kappa shape index (κ2) is 7.09. The number of rotatable bonds is 5. The molecule has 0 aromatic heterocycles. The summed E-state index contributed by atoms with van der Waals surface area (Å²) in [6, 6.07) is 6.29. The maximum absolute atomic E-state index is 10.5. The molecular formula is C14H21N2O3+. The molecule has 1 fully saturated rings. The Kier molecular flexibility index (Phi) is 5.15. The van der Waals surface area contributed by atoms with Crippen molar-refractivity contribution in [1.82, 2.24) is 0 Å². The molecule has 1 aromatic rings. The smallest absolute Gasteiger partial charge is 0.269 e. The summed E-state index contributed by atoms with van der Waals surface area (Å²) in [5, 5.41) is 10.5. The largest absolute Gasteiger partial charge is 0.488 e. The molecule has 1 heterocycles. The Hall–Kier alpha value is -1.62. The zero-order valence-corrected chi connectivity index (χ0v) is 11.1. The van der Waals surface area contributed by atoms with Crippen molar-refractivity contribution in [2.75, 3.05) is 26.2 Å². The van der Waals surface area contributed by atoms with E-state index >= 15 is 0 Å². The molecule has 1 aliphatic heterocycles. The van der Waals surface area contributed by atoms with Crippen LogP contribution in [0.25, 0.3) is 0 Å². The Morgan fingerprint density at radius 1 is 1.11 bits per heavy atom. The van der Waals surface area contributed by atoms with Crippen molar-refractivity contribution >= 4 is 5.69 Å². The molecule has 1 saturated heterocycles. The summed E-state index contributed by atoms with van der Waals surface area (Å²) in [5.74, 6) is 0.708. The Morgan fingerprint density at radius 2 is 1.74 bits per heavy atom. The highest BCUT2D eigenvalue weighted by atomic mass is 16.6. The Bertz CT molecular complexity index is 398. The molecule has 0 radical (unpaired) electrons. The zero-order chi connectivity index (χ0) is 13.5. The highest BCUT2D eigenvalue weighted by Gasteiger charge is 2.12. The summed E-state index contributed by atoms with van der Waals surface area (Å²) in [6.07, 6.45) is 5.33. The maximum Gasteiger partial charge on any atom is 0.269 e. The number of nitro benzene ring substituents is 1. The lowest BCUT2D eigenvalue weighted by Gasteiger charge is -2.17. The molecule has 0 amide bonds. The average Bonchev–Trinajstić information content (AvgIpc) is 2.68. The second-order valence-corrected chi connectivity index (χ2v) is 5.01. The predicted octanol–water partition coefficient (Wildman–Crippen LogP) is 1.43. The molecule has 104 valence electrons. The van der Waals surface area contributed by atoms with Gasteiger partial charge in [-0.1, -0.05) is 0 Å². The molecule has 5 heteroatoms. The molecule has 0 spiro atoms. The number of hydrogen-bond donors (Lipinski definition) is 1. The molecular weight excluding hydrogens is 244 g/mol. The third-order valence-electron chi connectivity index (χ3n) is 3.58. The molecule has 0 aliphatic carbocycles. The summed E-state index contributed by atoms with van der Waals surface area (Å²) < 4.78 is 5.64. The van der Waals surface area contributed by atoms with Gasteiger partial charge in [-0.05, 0) is 37.8 Å². The van der Waals surface area contributed by atoms with E-state index in [9.17, 15) is 10.1 Å². The van der Waals surface area contributed by atoms with Gasteiger partial charge in [-0.25, -0.2) is 0 Å². The molecule has 2 rings (SSSR count). The fourth-order valence-electron chi connectivity index (χ4n) is 2.46. The summed E-state index contributed by atoms with van der Waals surface area (Å²) >= 11 is 0. The molecule has 1 aromatic carbocycles. The van der Waals surface area contributed by atoms with Crippen LogP contribution in [0, 0.1) is 10.1 Å². The minimum absolute atomic E-state index is 0.102. The van der Waals surface area contributed by atoms with Crippen LogP contribution < -0.4 is 9.64 Å². The van der Waals surface area contributed by atoms with Crippen LogP contribution in [-0.4, -0.2) is 31.2 Å². The van der Waals surface area contributed by atoms with Crippen LogP contribution in [0.3, 0.4) is 0 Å². The number of nitrogens with zero attached hydrogens (tertiary/aromatic N) is 1. The second-order valence-electron chi connectivity index (χ2n) is 5.01. The number of non-ortho nitro benzene ring substituents is 1. The van der Waals surface area contributed by atoms with Crippen LogP contribution in [0.4, 0.5) is 5.69 Å². The van der Waals surface area contributed by atoms with E-state index in [0.717, 1.165) is 6.54 Å². The van der Waals surface area contributed by atoms with Crippen LogP contribution >= 0.6 is 0 Å². The van der Waals surface area contributed by atoms with Crippen molar-refractivity contribution in [1.29, 1.82) is 0 Å². The molecule has 0 bridgehead atoms. The summed E-state index contributed by atoms with van der Waals surface area (Å²) in [5.41, 5.74) is 0.102. The van der Waals surface area contributed by atoms with Gasteiger partial charge < -0.3 is 9.64 Å². The van der Waals surface area contributed by atoms with E-state index in [1.54, 1.807) is 17.0 Å². The van der Waals surface area contributed by atoms with Crippen LogP contribution in [0.15, 0.2) is 24.3 Å². The minimum Gasteiger partial charge on any atom is -0.488 e. The normalized spacial score (nSPS) is 16.8. The van der Waals surface area contributed by atoms with Gasteiger partial charge >= 0.3 is 0 Å². The average molecular weight is 265 g/mol. The standard InChI is InChI=1S/C14H20N2O3/c17-16(18)13-5-7-14(8-6-13)19-12-11-15-9-3-1-2-4-10-15/h5-8H,1-4,9-12H2/p+1. The van der Waals surface area contributed by atoms with Crippen molar-refractivity contribution in [3.05, 3.63) is 34.4 Å². The number of nitrogens with one attached hydrogen (secondary N) is 1. The SMILES string of the molecule is O=[N+]([O-])c1ccc(OCC[NH+]2CCCCCC2)cc1. The van der Waals surface area contributed by atoms with Gasteiger partial charge in [-0.2, -0.15) is 0 Å². The molecule has 5 nitrogen and oxygen atoms in total.